The fraction of sp³-hybridized carbons (Fsp3) is 0.588. The lowest BCUT2D eigenvalue weighted by Crippen LogP contribution is -2.49. The number of morpholine rings is 1. The van der Waals surface area contributed by atoms with Gasteiger partial charge in [0.15, 0.2) is 0 Å². The molecule has 2 rings (SSSR count). The van der Waals surface area contributed by atoms with E-state index in [0.29, 0.717) is 13.0 Å². The number of alkyl halides is 2. The second-order valence-corrected chi connectivity index (χ2v) is 6.51. The number of nitrogens with zero attached hydrogens (tertiary/aromatic N) is 1. The Morgan fingerprint density at radius 2 is 2.00 bits per heavy atom. The number of carbonyl (C=O) groups excluding carboxylic acids is 1. The number of hydrogen-bond donors (Lipinski definition) is 0. The maximum absolute atomic E-state index is 12.7. The van der Waals surface area contributed by atoms with Crippen molar-refractivity contribution < 1.29 is 18.3 Å². The topological polar surface area (TPSA) is 29.5 Å². The molecule has 1 aromatic carbocycles. The third-order valence-electron chi connectivity index (χ3n) is 4.15. The molecule has 1 amide bonds. The van der Waals surface area contributed by atoms with E-state index in [9.17, 15) is 13.6 Å². The smallest absolute Gasteiger partial charge is 0.266 e. The summed E-state index contributed by atoms with van der Waals surface area (Å²) in [6.07, 6.45) is -3.42. The van der Waals surface area contributed by atoms with Gasteiger partial charge in [-0.1, -0.05) is 43.7 Å². The summed E-state index contributed by atoms with van der Waals surface area (Å²) in [6, 6.07) is 8.07. The minimum Gasteiger partial charge on any atom is -0.369 e. The van der Waals surface area contributed by atoms with Gasteiger partial charge in [0, 0.05) is 13.0 Å². The second-order valence-electron chi connectivity index (χ2n) is 6.51. The Kier molecular flexibility index (Phi) is 5.16. The first-order valence-corrected chi connectivity index (χ1v) is 7.54. The standard InChI is InChI=1S/C17H23F2NO2/c1-12-4-6-13(7-5-12)17(2,3)10-15(21)20-8-9-22-14(11-20)16(18)19/h4-7,14,16H,8-11H2,1-3H3. The number of rotatable bonds is 4. The molecule has 0 radical (unpaired) electrons. The lowest BCUT2D eigenvalue weighted by molar-refractivity contribution is -0.147. The number of hydrogen-bond acceptors (Lipinski definition) is 2. The van der Waals surface area contributed by atoms with Crippen LogP contribution in [0.2, 0.25) is 0 Å². The van der Waals surface area contributed by atoms with E-state index in [-0.39, 0.29) is 24.5 Å². The van der Waals surface area contributed by atoms with E-state index >= 15 is 0 Å². The van der Waals surface area contributed by atoms with Gasteiger partial charge in [-0.3, -0.25) is 4.79 Å². The van der Waals surface area contributed by atoms with Gasteiger partial charge in [0.05, 0.1) is 13.2 Å². The molecule has 0 aliphatic carbocycles. The van der Waals surface area contributed by atoms with Crippen molar-refractivity contribution in [2.45, 2.75) is 45.1 Å². The third kappa shape index (κ3) is 4.03. The molecule has 3 nitrogen and oxygen atoms in total. The van der Waals surface area contributed by atoms with Gasteiger partial charge in [-0.05, 0) is 17.9 Å². The summed E-state index contributed by atoms with van der Waals surface area (Å²) in [5.74, 6) is -0.0977. The molecule has 1 fully saturated rings. The molecule has 0 spiro atoms. The van der Waals surface area contributed by atoms with Crippen molar-refractivity contribution in [3.8, 4) is 0 Å². The largest absolute Gasteiger partial charge is 0.369 e. The highest BCUT2D eigenvalue weighted by molar-refractivity contribution is 5.78. The highest BCUT2D eigenvalue weighted by Gasteiger charge is 2.33. The van der Waals surface area contributed by atoms with E-state index in [4.69, 9.17) is 4.74 Å². The van der Waals surface area contributed by atoms with E-state index in [1.165, 1.54) is 10.5 Å². The molecule has 0 N–H and O–H groups in total. The first kappa shape index (κ1) is 16.9. The molecule has 122 valence electrons. The second kappa shape index (κ2) is 6.73. The molecule has 5 heteroatoms. The molecule has 0 aromatic heterocycles. The molecule has 1 saturated heterocycles. The highest BCUT2D eigenvalue weighted by Crippen LogP contribution is 2.28. The number of ether oxygens (including phenoxy) is 1. The SMILES string of the molecule is Cc1ccc(C(C)(C)CC(=O)N2CCOC(C(F)F)C2)cc1. The zero-order chi connectivity index (χ0) is 16.3. The number of benzene rings is 1. The summed E-state index contributed by atoms with van der Waals surface area (Å²) in [4.78, 5) is 13.9. The van der Waals surface area contributed by atoms with Crippen molar-refractivity contribution in [1.29, 1.82) is 0 Å². The predicted octanol–water partition coefficient (Wildman–Crippen LogP) is 3.16. The van der Waals surface area contributed by atoms with Crippen LogP contribution < -0.4 is 0 Å². The van der Waals surface area contributed by atoms with E-state index in [2.05, 4.69) is 0 Å². The maximum atomic E-state index is 12.7. The van der Waals surface area contributed by atoms with Crippen LogP contribution in [0, 0.1) is 6.92 Å². The van der Waals surface area contributed by atoms with Gasteiger partial charge in [0.25, 0.3) is 6.43 Å². The number of carbonyl (C=O) groups is 1. The Hall–Kier alpha value is -1.49. The van der Waals surface area contributed by atoms with Crippen LogP contribution in [0.15, 0.2) is 24.3 Å². The average Bonchev–Trinajstić information content (AvgIpc) is 2.47. The summed E-state index contributed by atoms with van der Waals surface area (Å²) in [6.45, 7) is 6.54. The van der Waals surface area contributed by atoms with Crippen LogP contribution in [0.3, 0.4) is 0 Å². The normalized spacial score (nSPS) is 19.5. The molecule has 1 heterocycles. The van der Waals surface area contributed by atoms with Crippen molar-refractivity contribution in [2.75, 3.05) is 19.7 Å². The highest BCUT2D eigenvalue weighted by atomic mass is 19.3. The van der Waals surface area contributed by atoms with Gasteiger partial charge >= 0.3 is 0 Å². The van der Waals surface area contributed by atoms with Crippen LogP contribution in [0.4, 0.5) is 8.78 Å². The average molecular weight is 311 g/mol. The Morgan fingerprint density at radius 1 is 1.36 bits per heavy atom. The van der Waals surface area contributed by atoms with Crippen molar-refractivity contribution in [1.82, 2.24) is 4.90 Å². The first-order valence-electron chi connectivity index (χ1n) is 7.54. The van der Waals surface area contributed by atoms with E-state index in [0.717, 1.165) is 5.56 Å². The number of aryl methyl sites for hydroxylation is 1. The predicted molar refractivity (Wildman–Crippen MR) is 81.1 cm³/mol. The first-order chi connectivity index (χ1) is 10.3. The number of amides is 1. The van der Waals surface area contributed by atoms with Gasteiger partial charge in [-0.15, -0.1) is 0 Å². The van der Waals surface area contributed by atoms with Crippen molar-refractivity contribution in [2.24, 2.45) is 0 Å². The molecule has 1 unspecified atom stereocenters. The molecule has 1 aromatic rings. The van der Waals surface area contributed by atoms with Crippen LogP contribution in [0.25, 0.3) is 0 Å². The summed E-state index contributed by atoms with van der Waals surface area (Å²) >= 11 is 0. The van der Waals surface area contributed by atoms with Crippen LogP contribution in [-0.4, -0.2) is 43.0 Å². The van der Waals surface area contributed by atoms with Crippen molar-refractivity contribution in [3.63, 3.8) is 0 Å². The van der Waals surface area contributed by atoms with Gasteiger partial charge in [-0.25, -0.2) is 8.78 Å². The zero-order valence-corrected chi connectivity index (χ0v) is 13.3. The van der Waals surface area contributed by atoms with Gasteiger partial charge < -0.3 is 9.64 Å². The molecular formula is C17H23F2NO2. The minimum atomic E-state index is -2.55. The molecule has 0 bridgehead atoms. The van der Waals surface area contributed by atoms with Crippen LogP contribution >= 0.6 is 0 Å². The van der Waals surface area contributed by atoms with E-state index in [1.807, 2.05) is 45.0 Å². The molecule has 1 atom stereocenters. The molecule has 0 saturated carbocycles. The van der Waals surface area contributed by atoms with Crippen molar-refractivity contribution in [3.05, 3.63) is 35.4 Å². The Morgan fingerprint density at radius 3 is 2.59 bits per heavy atom. The summed E-state index contributed by atoms with van der Waals surface area (Å²) < 4.78 is 30.5. The molecule has 1 aliphatic rings. The minimum absolute atomic E-state index is 0.0273. The quantitative estimate of drug-likeness (QED) is 0.855. The Bertz CT molecular complexity index is 514. The van der Waals surface area contributed by atoms with Gasteiger partial charge in [0.2, 0.25) is 5.91 Å². The van der Waals surface area contributed by atoms with Crippen LogP contribution in [-0.2, 0) is 14.9 Å². The van der Waals surface area contributed by atoms with Crippen molar-refractivity contribution >= 4 is 5.91 Å². The maximum Gasteiger partial charge on any atom is 0.266 e. The fourth-order valence-corrected chi connectivity index (χ4v) is 2.65. The van der Waals surface area contributed by atoms with Gasteiger partial charge in [-0.2, -0.15) is 0 Å². The molecule has 22 heavy (non-hydrogen) atoms. The lowest BCUT2D eigenvalue weighted by atomic mass is 9.81. The summed E-state index contributed by atoms with van der Waals surface area (Å²) in [5, 5.41) is 0. The van der Waals surface area contributed by atoms with Crippen LogP contribution in [0.5, 0.6) is 0 Å². The zero-order valence-electron chi connectivity index (χ0n) is 13.3. The monoisotopic (exact) mass is 311 g/mol. The van der Waals surface area contributed by atoms with E-state index in [1.54, 1.807) is 0 Å². The molecule has 1 aliphatic heterocycles. The molecular weight excluding hydrogens is 288 g/mol. The Balaban J connectivity index is 2.02. The van der Waals surface area contributed by atoms with Gasteiger partial charge in [0.1, 0.15) is 6.10 Å². The third-order valence-corrected chi connectivity index (χ3v) is 4.15. The Labute approximate surface area is 130 Å². The summed E-state index contributed by atoms with van der Waals surface area (Å²) in [7, 11) is 0. The fourth-order valence-electron chi connectivity index (χ4n) is 2.65. The lowest BCUT2D eigenvalue weighted by Gasteiger charge is -2.35. The number of halogens is 2. The summed E-state index contributed by atoms with van der Waals surface area (Å²) in [5.41, 5.74) is 1.91. The van der Waals surface area contributed by atoms with Crippen LogP contribution in [0.1, 0.15) is 31.4 Å². The van der Waals surface area contributed by atoms with E-state index < -0.39 is 12.5 Å².